The number of halogens is 1. The zero-order valence-electron chi connectivity index (χ0n) is 18.4. The third-order valence-corrected chi connectivity index (χ3v) is 6.41. The van der Waals surface area contributed by atoms with Gasteiger partial charge in [-0.3, -0.25) is 4.98 Å². The van der Waals surface area contributed by atoms with E-state index in [1.165, 1.54) is 0 Å². The van der Waals surface area contributed by atoms with E-state index in [2.05, 4.69) is 38.9 Å². The molecule has 0 atom stereocenters. The van der Waals surface area contributed by atoms with Crippen molar-refractivity contribution in [1.29, 1.82) is 0 Å². The third-order valence-electron chi connectivity index (χ3n) is 6.05. The SMILES string of the molecule is C=C(NCCc1ccccc1Cl)c1ncc(C2=CCc3ncc(N4CCOCC4)cc32)cn1. The average Bonchev–Trinajstić information content (AvgIpc) is 3.29. The molecule has 0 spiro atoms. The van der Waals surface area contributed by atoms with Gasteiger partial charge in [-0.05, 0) is 29.7 Å². The molecule has 1 N–H and O–H groups in total. The second kappa shape index (κ2) is 9.73. The maximum Gasteiger partial charge on any atom is 0.174 e. The van der Waals surface area contributed by atoms with Gasteiger partial charge in [-0.1, -0.05) is 42.5 Å². The molecular weight excluding hydrogens is 434 g/mol. The standard InChI is InChI=1S/C26H26ClN5O/c1-18(28-9-8-19-4-2-3-5-24(19)27)26-30-15-20(16-31-26)22-6-7-25-23(22)14-21(17-29-25)32-10-12-33-13-11-32/h2-6,14-17,28H,1,7-13H2. The van der Waals surface area contributed by atoms with Crippen LogP contribution < -0.4 is 10.2 Å². The Bertz CT molecular complexity index is 1190. The molecule has 1 aliphatic carbocycles. The van der Waals surface area contributed by atoms with Crippen LogP contribution in [0.3, 0.4) is 0 Å². The van der Waals surface area contributed by atoms with Crippen LogP contribution in [0.15, 0.2) is 61.6 Å². The molecule has 33 heavy (non-hydrogen) atoms. The number of allylic oxidation sites excluding steroid dienone is 1. The van der Waals surface area contributed by atoms with E-state index in [9.17, 15) is 0 Å². The Labute approximate surface area is 199 Å². The number of anilines is 1. The van der Waals surface area contributed by atoms with E-state index >= 15 is 0 Å². The first kappa shape index (κ1) is 21.6. The highest BCUT2D eigenvalue weighted by Gasteiger charge is 2.20. The maximum atomic E-state index is 6.23. The Balaban J connectivity index is 1.25. The lowest BCUT2D eigenvalue weighted by molar-refractivity contribution is 0.122. The summed E-state index contributed by atoms with van der Waals surface area (Å²) in [6.45, 7) is 8.10. The molecule has 1 fully saturated rings. The van der Waals surface area contributed by atoms with Crippen LogP contribution in [0.2, 0.25) is 5.02 Å². The summed E-state index contributed by atoms with van der Waals surface area (Å²) in [4.78, 5) is 16.2. The number of ether oxygens (including phenoxy) is 1. The molecule has 0 bridgehead atoms. The topological polar surface area (TPSA) is 63.2 Å². The van der Waals surface area contributed by atoms with E-state index in [0.29, 0.717) is 18.1 Å². The van der Waals surface area contributed by atoms with Gasteiger partial charge in [0.2, 0.25) is 0 Å². The van der Waals surface area contributed by atoms with Crippen LogP contribution in [0.1, 0.15) is 28.2 Å². The molecule has 0 saturated carbocycles. The molecule has 168 valence electrons. The second-order valence-corrected chi connectivity index (χ2v) is 8.56. The fourth-order valence-corrected chi connectivity index (χ4v) is 4.44. The molecule has 1 saturated heterocycles. The van der Waals surface area contributed by atoms with E-state index in [4.69, 9.17) is 21.3 Å². The molecule has 1 aliphatic heterocycles. The fraction of sp³-hybridized carbons (Fsp3) is 0.269. The van der Waals surface area contributed by atoms with Gasteiger partial charge in [-0.15, -0.1) is 0 Å². The minimum atomic E-state index is 0.594. The van der Waals surface area contributed by atoms with Crippen LogP contribution in [-0.2, 0) is 17.6 Å². The summed E-state index contributed by atoms with van der Waals surface area (Å²) in [6, 6.07) is 10.1. The largest absolute Gasteiger partial charge is 0.382 e. The zero-order valence-corrected chi connectivity index (χ0v) is 19.2. The van der Waals surface area contributed by atoms with Gasteiger partial charge in [-0.25, -0.2) is 9.97 Å². The Kier molecular flexibility index (Phi) is 6.37. The van der Waals surface area contributed by atoms with Gasteiger partial charge in [0, 0.05) is 54.6 Å². The van der Waals surface area contributed by atoms with Crippen LogP contribution in [0.5, 0.6) is 0 Å². The molecule has 6 nitrogen and oxygen atoms in total. The van der Waals surface area contributed by atoms with E-state index in [1.807, 2.05) is 42.9 Å². The molecule has 0 amide bonds. The molecule has 3 heterocycles. The van der Waals surface area contributed by atoms with Gasteiger partial charge in [0.1, 0.15) is 0 Å². The highest BCUT2D eigenvalue weighted by molar-refractivity contribution is 6.31. The minimum Gasteiger partial charge on any atom is -0.382 e. The first-order valence-electron chi connectivity index (χ1n) is 11.2. The van der Waals surface area contributed by atoms with Crippen molar-refractivity contribution in [1.82, 2.24) is 20.3 Å². The van der Waals surface area contributed by atoms with Crippen molar-refractivity contribution in [3.63, 3.8) is 0 Å². The van der Waals surface area contributed by atoms with Gasteiger partial charge in [-0.2, -0.15) is 0 Å². The predicted octanol–water partition coefficient (Wildman–Crippen LogP) is 4.15. The fourth-order valence-electron chi connectivity index (χ4n) is 4.21. The third kappa shape index (κ3) is 4.77. The molecule has 7 heteroatoms. The van der Waals surface area contributed by atoms with Crippen molar-refractivity contribution in [2.45, 2.75) is 12.8 Å². The molecule has 1 aromatic carbocycles. The van der Waals surface area contributed by atoms with Crippen LogP contribution in [0.25, 0.3) is 11.3 Å². The Morgan fingerprint density at radius 1 is 1.09 bits per heavy atom. The molecule has 0 unspecified atom stereocenters. The first-order chi connectivity index (χ1) is 16.2. The van der Waals surface area contributed by atoms with Crippen LogP contribution >= 0.6 is 11.6 Å². The van der Waals surface area contributed by atoms with Crippen LogP contribution in [0, 0.1) is 0 Å². The zero-order chi connectivity index (χ0) is 22.6. The van der Waals surface area contributed by atoms with Crippen molar-refractivity contribution in [3.05, 3.63) is 94.8 Å². The van der Waals surface area contributed by atoms with Gasteiger partial charge >= 0.3 is 0 Å². The van der Waals surface area contributed by atoms with Gasteiger partial charge in [0.05, 0.1) is 36.5 Å². The van der Waals surface area contributed by atoms with Gasteiger partial charge in [0.25, 0.3) is 0 Å². The van der Waals surface area contributed by atoms with Crippen molar-refractivity contribution in [2.75, 3.05) is 37.7 Å². The van der Waals surface area contributed by atoms with Crippen molar-refractivity contribution in [2.24, 2.45) is 0 Å². The number of pyridine rings is 1. The summed E-state index contributed by atoms with van der Waals surface area (Å²) in [6.07, 6.45) is 9.54. The summed E-state index contributed by atoms with van der Waals surface area (Å²) < 4.78 is 5.48. The summed E-state index contributed by atoms with van der Waals surface area (Å²) in [7, 11) is 0. The average molecular weight is 460 g/mol. The molecule has 5 rings (SSSR count). The number of nitrogens with one attached hydrogen (secondary N) is 1. The van der Waals surface area contributed by atoms with E-state index < -0.39 is 0 Å². The van der Waals surface area contributed by atoms with Crippen molar-refractivity contribution >= 4 is 28.6 Å². The lowest BCUT2D eigenvalue weighted by Gasteiger charge is -2.29. The first-order valence-corrected chi connectivity index (χ1v) is 11.6. The summed E-state index contributed by atoms with van der Waals surface area (Å²) in [5.74, 6) is 0.594. The summed E-state index contributed by atoms with van der Waals surface area (Å²) in [5.41, 5.74) is 7.32. The van der Waals surface area contributed by atoms with Gasteiger partial charge in [0.15, 0.2) is 5.82 Å². The number of hydrogen-bond donors (Lipinski definition) is 1. The van der Waals surface area contributed by atoms with Crippen molar-refractivity contribution in [3.8, 4) is 0 Å². The Hall–Kier alpha value is -3.22. The van der Waals surface area contributed by atoms with E-state index in [1.54, 1.807) is 0 Å². The molecule has 3 aromatic rings. The van der Waals surface area contributed by atoms with Crippen LogP contribution in [0.4, 0.5) is 5.69 Å². The maximum absolute atomic E-state index is 6.23. The molecular formula is C26H26ClN5O. The Morgan fingerprint density at radius 3 is 2.67 bits per heavy atom. The number of aromatic nitrogens is 3. The number of morpholine rings is 1. The normalized spacial score (nSPS) is 15.2. The van der Waals surface area contributed by atoms with E-state index in [0.717, 1.165) is 77.8 Å². The minimum absolute atomic E-state index is 0.594. The number of nitrogens with zero attached hydrogens (tertiary/aromatic N) is 4. The number of benzene rings is 1. The quantitative estimate of drug-likeness (QED) is 0.572. The smallest absolute Gasteiger partial charge is 0.174 e. The molecule has 2 aromatic heterocycles. The lowest BCUT2D eigenvalue weighted by Crippen LogP contribution is -2.36. The second-order valence-electron chi connectivity index (χ2n) is 8.15. The van der Waals surface area contributed by atoms with Crippen LogP contribution in [-0.4, -0.2) is 47.8 Å². The summed E-state index contributed by atoms with van der Waals surface area (Å²) in [5, 5.41) is 4.08. The molecule has 0 radical (unpaired) electrons. The Morgan fingerprint density at radius 2 is 1.88 bits per heavy atom. The monoisotopic (exact) mass is 459 g/mol. The van der Waals surface area contributed by atoms with Crippen molar-refractivity contribution < 1.29 is 4.74 Å². The summed E-state index contributed by atoms with van der Waals surface area (Å²) >= 11 is 6.23. The lowest BCUT2D eigenvalue weighted by atomic mass is 10.0. The highest BCUT2D eigenvalue weighted by Crippen LogP contribution is 2.33. The number of hydrogen-bond acceptors (Lipinski definition) is 6. The molecule has 2 aliphatic rings. The highest BCUT2D eigenvalue weighted by atomic mass is 35.5. The number of fused-ring (bicyclic) bond motifs is 1. The van der Waals surface area contributed by atoms with E-state index in [-0.39, 0.29) is 0 Å². The van der Waals surface area contributed by atoms with Gasteiger partial charge < -0.3 is 15.0 Å². The predicted molar refractivity (Wildman–Crippen MR) is 132 cm³/mol. The number of rotatable bonds is 7.